The molecule has 0 aromatic heterocycles. The Bertz CT molecular complexity index is 667. The summed E-state index contributed by atoms with van der Waals surface area (Å²) in [6, 6.07) is -0.707. The van der Waals surface area contributed by atoms with Gasteiger partial charge in [0.05, 0.1) is 25.4 Å². The van der Waals surface area contributed by atoms with Gasteiger partial charge >= 0.3 is 0 Å². The van der Waals surface area contributed by atoms with Gasteiger partial charge in [0, 0.05) is 6.42 Å². The third-order valence-electron chi connectivity index (χ3n) is 8.96. The number of amides is 1. The highest BCUT2D eigenvalue weighted by molar-refractivity contribution is 5.76. The lowest BCUT2D eigenvalue weighted by atomic mass is 9.99. The Hall–Kier alpha value is -0.810. The fourth-order valence-corrected chi connectivity index (χ4v) is 5.92. The molecule has 44 heavy (non-hydrogen) atoms. The Morgan fingerprint density at radius 2 is 1.14 bits per heavy atom. The van der Waals surface area contributed by atoms with Crippen molar-refractivity contribution in [2.24, 2.45) is 0 Å². The van der Waals surface area contributed by atoms with Crippen LogP contribution in [-0.2, 0) is 14.3 Å². The molecule has 1 aliphatic rings. The number of hydrogen-bond donors (Lipinski definition) is 6. The molecule has 9 heteroatoms. The van der Waals surface area contributed by atoms with Gasteiger partial charge in [-0.25, -0.2) is 0 Å². The molecule has 0 spiro atoms. The Morgan fingerprint density at radius 1 is 0.682 bits per heavy atom. The van der Waals surface area contributed by atoms with E-state index in [0.29, 0.717) is 12.8 Å². The predicted octanol–water partition coefficient (Wildman–Crippen LogP) is 5.66. The van der Waals surface area contributed by atoms with E-state index in [2.05, 4.69) is 19.2 Å². The second-order valence-corrected chi connectivity index (χ2v) is 13.0. The Balaban J connectivity index is 2.34. The minimum Gasteiger partial charge on any atom is -0.394 e. The van der Waals surface area contributed by atoms with Gasteiger partial charge in [-0.05, 0) is 12.8 Å². The zero-order valence-electron chi connectivity index (χ0n) is 28.2. The first-order valence-corrected chi connectivity index (χ1v) is 18.2. The summed E-state index contributed by atoms with van der Waals surface area (Å²) in [7, 11) is 0. The van der Waals surface area contributed by atoms with Gasteiger partial charge < -0.3 is 40.3 Å². The van der Waals surface area contributed by atoms with Crippen LogP contribution in [0.1, 0.15) is 162 Å². The number of aliphatic hydroxyl groups is 5. The summed E-state index contributed by atoms with van der Waals surface area (Å²) in [5, 5.41) is 53.7. The van der Waals surface area contributed by atoms with Crippen LogP contribution in [0, 0.1) is 0 Å². The number of aliphatic hydroxyl groups excluding tert-OH is 5. The molecule has 262 valence electrons. The van der Waals surface area contributed by atoms with E-state index in [1.807, 2.05) is 0 Å². The molecule has 0 aliphatic carbocycles. The molecule has 1 aliphatic heterocycles. The average Bonchev–Trinajstić information content (AvgIpc) is 3.02. The molecule has 0 saturated carbocycles. The van der Waals surface area contributed by atoms with Crippen LogP contribution in [-0.4, -0.2) is 87.5 Å². The molecular formula is C35H69NO8. The molecule has 0 aromatic rings. The first-order valence-electron chi connectivity index (χ1n) is 18.2. The number of carbonyl (C=O) groups is 1. The van der Waals surface area contributed by atoms with E-state index in [1.54, 1.807) is 0 Å². The number of unbranched alkanes of at least 4 members (excludes halogenated alkanes) is 19. The van der Waals surface area contributed by atoms with Gasteiger partial charge in [-0.2, -0.15) is 0 Å². The quantitative estimate of drug-likeness (QED) is 0.0580. The van der Waals surface area contributed by atoms with E-state index in [4.69, 9.17) is 9.47 Å². The van der Waals surface area contributed by atoms with E-state index in [-0.39, 0.29) is 12.5 Å². The van der Waals surface area contributed by atoms with E-state index < -0.39 is 49.5 Å². The number of rotatable bonds is 29. The summed E-state index contributed by atoms with van der Waals surface area (Å²) in [6.45, 7) is 3.72. The highest BCUT2D eigenvalue weighted by Crippen LogP contribution is 2.23. The molecule has 9 nitrogen and oxygen atoms in total. The summed E-state index contributed by atoms with van der Waals surface area (Å²) in [6.07, 6.45) is 18.6. The van der Waals surface area contributed by atoms with Gasteiger partial charge in [0.1, 0.15) is 24.4 Å². The van der Waals surface area contributed by atoms with Gasteiger partial charge in [-0.15, -0.1) is 0 Å². The third kappa shape index (κ3) is 19.0. The van der Waals surface area contributed by atoms with Crippen LogP contribution in [0.4, 0.5) is 0 Å². The molecule has 7 unspecified atom stereocenters. The van der Waals surface area contributed by atoms with Gasteiger partial charge in [-0.3, -0.25) is 4.79 Å². The molecule has 1 fully saturated rings. The maximum atomic E-state index is 12.7. The van der Waals surface area contributed by atoms with Crippen LogP contribution < -0.4 is 5.32 Å². The highest BCUT2D eigenvalue weighted by Gasteiger charge is 2.44. The van der Waals surface area contributed by atoms with Crippen molar-refractivity contribution in [2.75, 3.05) is 13.2 Å². The Morgan fingerprint density at radius 3 is 1.61 bits per heavy atom. The average molecular weight is 632 g/mol. The zero-order chi connectivity index (χ0) is 32.4. The molecule has 0 aromatic carbocycles. The summed E-state index contributed by atoms with van der Waals surface area (Å²) >= 11 is 0. The van der Waals surface area contributed by atoms with Crippen LogP contribution in [0.25, 0.3) is 0 Å². The van der Waals surface area contributed by atoms with Gasteiger partial charge in [0.15, 0.2) is 6.29 Å². The van der Waals surface area contributed by atoms with Crippen molar-refractivity contribution in [1.82, 2.24) is 5.32 Å². The molecule has 6 N–H and O–H groups in total. The second kappa shape index (κ2) is 27.3. The van der Waals surface area contributed by atoms with E-state index >= 15 is 0 Å². The lowest BCUT2D eigenvalue weighted by Crippen LogP contribution is -2.60. The first kappa shape index (κ1) is 41.2. The SMILES string of the molecule is CCCCCCCCCCCCCCCCCCC(O)C(COC1OC(CO)C(O)C(O)C1O)NC(=O)CCCCCCC. The van der Waals surface area contributed by atoms with Gasteiger partial charge in [0.2, 0.25) is 5.91 Å². The highest BCUT2D eigenvalue weighted by atomic mass is 16.7. The number of ether oxygens (including phenoxy) is 2. The van der Waals surface area contributed by atoms with Crippen LogP contribution in [0.15, 0.2) is 0 Å². The van der Waals surface area contributed by atoms with E-state index in [1.165, 1.54) is 83.5 Å². The van der Waals surface area contributed by atoms with Crippen LogP contribution in [0.2, 0.25) is 0 Å². The molecule has 1 rings (SSSR count). The number of nitrogens with one attached hydrogen (secondary N) is 1. The van der Waals surface area contributed by atoms with Crippen molar-refractivity contribution in [2.45, 2.75) is 204 Å². The van der Waals surface area contributed by atoms with Crippen molar-refractivity contribution in [3.63, 3.8) is 0 Å². The monoisotopic (exact) mass is 632 g/mol. The number of hydrogen-bond acceptors (Lipinski definition) is 8. The minimum atomic E-state index is -1.54. The van der Waals surface area contributed by atoms with Crippen molar-refractivity contribution in [3.05, 3.63) is 0 Å². The minimum absolute atomic E-state index is 0.135. The maximum absolute atomic E-state index is 12.7. The van der Waals surface area contributed by atoms with Crippen LogP contribution in [0.3, 0.4) is 0 Å². The molecule has 7 atom stereocenters. The lowest BCUT2D eigenvalue weighted by molar-refractivity contribution is -0.302. The lowest BCUT2D eigenvalue weighted by Gasteiger charge is -2.40. The van der Waals surface area contributed by atoms with Crippen molar-refractivity contribution in [3.8, 4) is 0 Å². The topological polar surface area (TPSA) is 149 Å². The fourth-order valence-electron chi connectivity index (χ4n) is 5.92. The number of carbonyl (C=O) groups excluding carboxylic acids is 1. The Kier molecular flexibility index (Phi) is 25.6. The largest absolute Gasteiger partial charge is 0.394 e. The van der Waals surface area contributed by atoms with Crippen LogP contribution in [0.5, 0.6) is 0 Å². The molecule has 0 bridgehead atoms. The van der Waals surface area contributed by atoms with Crippen molar-refractivity contribution in [1.29, 1.82) is 0 Å². The van der Waals surface area contributed by atoms with Crippen molar-refractivity contribution < 1.29 is 39.8 Å². The van der Waals surface area contributed by atoms with E-state index in [0.717, 1.165) is 51.4 Å². The third-order valence-corrected chi connectivity index (χ3v) is 8.96. The summed E-state index contributed by atoms with van der Waals surface area (Å²) in [4.78, 5) is 12.7. The summed E-state index contributed by atoms with van der Waals surface area (Å²) < 4.78 is 11.1. The van der Waals surface area contributed by atoms with Gasteiger partial charge in [-0.1, -0.05) is 142 Å². The molecule has 1 amide bonds. The normalized spacial score (nSPS) is 23.5. The maximum Gasteiger partial charge on any atom is 0.220 e. The summed E-state index contributed by atoms with van der Waals surface area (Å²) in [5.74, 6) is -0.157. The van der Waals surface area contributed by atoms with Gasteiger partial charge in [0.25, 0.3) is 0 Å². The zero-order valence-corrected chi connectivity index (χ0v) is 28.2. The molecule has 0 radical (unpaired) electrons. The first-order chi connectivity index (χ1) is 21.3. The molecular weight excluding hydrogens is 562 g/mol. The van der Waals surface area contributed by atoms with Crippen LogP contribution >= 0.6 is 0 Å². The standard InChI is InChI=1S/C35H69NO8/c1-3-5-7-9-10-11-12-13-14-15-16-17-18-19-21-22-24-29(38)28(36-31(39)25-23-20-8-6-4-2)27-43-35-34(42)33(41)32(40)30(26-37)44-35/h28-30,32-35,37-38,40-42H,3-27H2,1-2H3,(H,36,39). The molecule has 1 saturated heterocycles. The van der Waals surface area contributed by atoms with E-state index in [9.17, 15) is 30.3 Å². The Labute approximate surface area is 268 Å². The smallest absolute Gasteiger partial charge is 0.220 e. The second-order valence-electron chi connectivity index (χ2n) is 13.0. The molecule has 1 heterocycles. The van der Waals surface area contributed by atoms with Crippen molar-refractivity contribution >= 4 is 5.91 Å². The predicted molar refractivity (Wildman–Crippen MR) is 175 cm³/mol. The fraction of sp³-hybridized carbons (Fsp3) is 0.971. The summed E-state index contributed by atoms with van der Waals surface area (Å²) in [5.41, 5.74) is 0.